The number of hydrogen-bond donors (Lipinski definition) is 0. The molecule has 128 valence electrons. The summed E-state index contributed by atoms with van der Waals surface area (Å²) in [7, 11) is 0.229. The molecule has 23 heavy (non-hydrogen) atoms. The van der Waals surface area contributed by atoms with E-state index in [0.717, 1.165) is 36.2 Å². The molecule has 0 N–H and O–H groups in total. The number of benzene rings is 1. The Kier molecular flexibility index (Phi) is 5.89. The van der Waals surface area contributed by atoms with Crippen LogP contribution in [-0.4, -0.2) is 9.52 Å². The minimum atomic E-state index is -0.727. The van der Waals surface area contributed by atoms with E-state index >= 15 is 0 Å². The zero-order valence-corrected chi connectivity index (χ0v) is 15.8. The summed E-state index contributed by atoms with van der Waals surface area (Å²) >= 11 is 0. The fourth-order valence-electron chi connectivity index (χ4n) is 5.05. The van der Waals surface area contributed by atoms with Crippen LogP contribution in [0.3, 0.4) is 0 Å². The first kappa shape index (κ1) is 17.1. The van der Waals surface area contributed by atoms with Gasteiger partial charge in [0.25, 0.3) is 0 Å². The van der Waals surface area contributed by atoms with Crippen molar-refractivity contribution in [2.24, 2.45) is 17.8 Å². The van der Waals surface area contributed by atoms with Crippen molar-refractivity contribution in [3.8, 4) is 0 Å². The van der Waals surface area contributed by atoms with Crippen molar-refractivity contribution in [1.82, 2.24) is 0 Å². The second kappa shape index (κ2) is 7.91. The molecular formula is C20H30F2Si. The molecule has 2 aliphatic carbocycles. The van der Waals surface area contributed by atoms with Gasteiger partial charge in [-0.2, -0.15) is 0 Å². The molecule has 0 nitrogen and oxygen atoms in total. The Labute approximate surface area is 141 Å². The molecule has 3 heteroatoms. The van der Waals surface area contributed by atoms with Gasteiger partial charge >= 0.3 is 0 Å². The summed E-state index contributed by atoms with van der Waals surface area (Å²) in [5, 5.41) is 0. The zero-order valence-electron chi connectivity index (χ0n) is 14.4. The van der Waals surface area contributed by atoms with Crippen LogP contribution in [0.1, 0.15) is 62.8 Å². The summed E-state index contributed by atoms with van der Waals surface area (Å²) in [4.78, 5) is 0. The van der Waals surface area contributed by atoms with Crippen molar-refractivity contribution >= 4 is 9.52 Å². The van der Waals surface area contributed by atoms with Gasteiger partial charge in [-0.25, -0.2) is 8.78 Å². The zero-order chi connectivity index (χ0) is 16.2. The van der Waals surface area contributed by atoms with Crippen molar-refractivity contribution in [3.63, 3.8) is 0 Å². The molecule has 0 bridgehead atoms. The Hall–Kier alpha value is -0.703. The summed E-state index contributed by atoms with van der Waals surface area (Å²) in [5.74, 6) is 1.88. The lowest BCUT2D eigenvalue weighted by Crippen LogP contribution is -2.25. The van der Waals surface area contributed by atoms with Crippen molar-refractivity contribution in [2.75, 3.05) is 0 Å². The van der Waals surface area contributed by atoms with E-state index in [9.17, 15) is 8.78 Å². The van der Waals surface area contributed by atoms with Crippen molar-refractivity contribution < 1.29 is 8.78 Å². The van der Waals surface area contributed by atoms with E-state index in [1.807, 2.05) is 0 Å². The van der Waals surface area contributed by atoms with Gasteiger partial charge < -0.3 is 0 Å². The minimum absolute atomic E-state index is 0.229. The lowest BCUT2D eigenvalue weighted by Gasteiger charge is -2.38. The molecule has 0 atom stereocenters. The predicted octanol–water partition coefficient (Wildman–Crippen LogP) is 5.68. The molecule has 2 saturated carbocycles. The summed E-state index contributed by atoms with van der Waals surface area (Å²) in [6.07, 6.45) is 10.7. The van der Waals surface area contributed by atoms with E-state index in [-0.39, 0.29) is 9.52 Å². The largest absolute Gasteiger partial charge is 0.204 e. The topological polar surface area (TPSA) is 0 Å². The van der Waals surface area contributed by atoms with Crippen LogP contribution >= 0.6 is 0 Å². The summed E-state index contributed by atoms with van der Waals surface area (Å²) in [5.41, 5.74) is 0.999. The maximum atomic E-state index is 13.4. The lowest BCUT2D eigenvalue weighted by atomic mass is 9.68. The van der Waals surface area contributed by atoms with Gasteiger partial charge in [-0.1, -0.05) is 31.5 Å². The molecule has 0 aromatic heterocycles. The molecule has 0 amide bonds. The molecule has 2 fully saturated rings. The van der Waals surface area contributed by atoms with Gasteiger partial charge in [0.05, 0.1) is 0 Å². The SMILES string of the molecule is C[SiH2]CC1CCC(C2CCC(c3ccc(F)c(F)c3)CC2)CC1. The molecule has 0 heterocycles. The Morgan fingerprint density at radius 2 is 1.48 bits per heavy atom. The van der Waals surface area contributed by atoms with Crippen LogP contribution in [0.4, 0.5) is 8.78 Å². The molecule has 2 aliphatic rings. The first-order valence-electron chi connectivity index (χ1n) is 9.62. The van der Waals surface area contributed by atoms with Crippen LogP contribution in [0.5, 0.6) is 0 Å². The van der Waals surface area contributed by atoms with Crippen molar-refractivity contribution in [2.45, 2.75) is 69.9 Å². The van der Waals surface area contributed by atoms with Crippen molar-refractivity contribution in [1.29, 1.82) is 0 Å². The first-order valence-corrected chi connectivity index (χ1v) is 12.0. The third-order valence-corrected chi connectivity index (χ3v) is 7.84. The summed E-state index contributed by atoms with van der Waals surface area (Å²) in [6.45, 7) is 2.44. The van der Waals surface area contributed by atoms with E-state index in [4.69, 9.17) is 0 Å². The van der Waals surface area contributed by atoms with E-state index in [1.54, 1.807) is 12.1 Å². The third kappa shape index (κ3) is 4.23. The Morgan fingerprint density at radius 3 is 2.04 bits per heavy atom. The fraction of sp³-hybridized carbons (Fsp3) is 0.700. The van der Waals surface area contributed by atoms with Crippen LogP contribution in [0.2, 0.25) is 12.6 Å². The van der Waals surface area contributed by atoms with Gasteiger partial charge in [0.15, 0.2) is 11.6 Å². The Balaban J connectivity index is 1.50. The molecule has 1 aromatic rings. The van der Waals surface area contributed by atoms with Gasteiger partial charge in [-0.3, -0.25) is 0 Å². The molecule has 1 aromatic carbocycles. The highest BCUT2D eigenvalue weighted by Gasteiger charge is 2.31. The van der Waals surface area contributed by atoms with Crippen LogP contribution in [0, 0.1) is 29.4 Å². The van der Waals surface area contributed by atoms with Gasteiger partial charge in [-0.05, 0) is 79.9 Å². The molecule has 0 aliphatic heterocycles. The third-order valence-electron chi connectivity index (χ3n) is 6.44. The number of hydrogen-bond acceptors (Lipinski definition) is 0. The molecule has 0 unspecified atom stereocenters. The average molecular weight is 337 g/mol. The predicted molar refractivity (Wildman–Crippen MR) is 95.7 cm³/mol. The second-order valence-corrected chi connectivity index (χ2v) is 9.43. The minimum Gasteiger partial charge on any atom is -0.204 e. The van der Waals surface area contributed by atoms with Crippen molar-refractivity contribution in [3.05, 3.63) is 35.4 Å². The fourth-order valence-corrected chi connectivity index (χ4v) is 6.44. The number of halogens is 2. The first-order chi connectivity index (χ1) is 11.2. The molecule has 0 saturated heterocycles. The molecule has 0 radical (unpaired) electrons. The Morgan fingerprint density at radius 1 is 0.870 bits per heavy atom. The van der Waals surface area contributed by atoms with Crippen LogP contribution in [-0.2, 0) is 0 Å². The lowest BCUT2D eigenvalue weighted by molar-refractivity contribution is 0.165. The Bertz CT molecular complexity index is 500. The highest BCUT2D eigenvalue weighted by molar-refractivity contribution is 6.33. The van der Waals surface area contributed by atoms with Gasteiger partial charge in [0, 0.05) is 9.52 Å². The van der Waals surface area contributed by atoms with Gasteiger partial charge in [0.1, 0.15) is 0 Å². The quantitative estimate of drug-likeness (QED) is 0.621. The smallest absolute Gasteiger partial charge is 0.159 e. The summed E-state index contributed by atoms with van der Waals surface area (Å²) < 4.78 is 26.5. The van der Waals surface area contributed by atoms with E-state index in [2.05, 4.69) is 6.55 Å². The van der Waals surface area contributed by atoms with Crippen LogP contribution in [0.25, 0.3) is 0 Å². The molecular weight excluding hydrogens is 306 g/mol. The highest BCUT2D eigenvalue weighted by Crippen LogP contribution is 2.44. The normalized spacial score (nSPS) is 32.5. The summed E-state index contributed by atoms with van der Waals surface area (Å²) in [6, 6.07) is 6.04. The van der Waals surface area contributed by atoms with Gasteiger partial charge in [0.2, 0.25) is 0 Å². The average Bonchev–Trinajstić information content (AvgIpc) is 2.59. The second-order valence-electron chi connectivity index (χ2n) is 7.85. The maximum absolute atomic E-state index is 13.4. The standard InChI is InChI=1S/C20H30F2Si/c1-23-13-14-2-4-15(5-3-14)16-6-8-17(9-7-16)18-10-11-19(21)20(22)12-18/h10-12,14-17H,2-9,13,23H2,1H3. The maximum Gasteiger partial charge on any atom is 0.159 e. The van der Waals surface area contributed by atoms with Crippen LogP contribution in [0.15, 0.2) is 18.2 Å². The molecule has 3 rings (SSSR count). The molecule has 0 spiro atoms. The number of rotatable bonds is 4. The monoisotopic (exact) mass is 336 g/mol. The highest BCUT2D eigenvalue weighted by atomic mass is 28.2. The van der Waals surface area contributed by atoms with E-state index in [0.29, 0.717) is 5.92 Å². The van der Waals surface area contributed by atoms with E-state index < -0.39 is 11.6 Å². The van der Waals surface area contributed by atoms with Crippen LogP contribution < -0.4 is 0 Å². The van der Waals surface area contributed by atoms with Gasteiger partial charge in [-0.15, -0.1) is 0 Å². The van der Waals surface area contributed by atoms with E-state index in [1.165, 1.54) is 50.7 Å².